The van der Waals surface area contributed by atoms with Crippen LogP contribution in [0.5, 0.6) is 0 Å². The molecule has 0 radical (unpaired) electrons. The zero-order chi connectivity index (χ0) is 19.5. The first-order valence-electron chi connectivity index (χ1n) is 11.5. The maximum absolute atomic E-state index is 9.24. The molecule has 1 fully saturated rings. The average Bonchev–Trinajstić information content (AvgIpc) is 2.69. The lowest BCUT2D eigenvalue weighted by molar-refractivity contribution is 0.181. The summed E-state index contributed by atoms with van der Waals surface area (Å²) in [6.45, 7) is 5.08. The fraction of sp³-hybridized carbons (Fsp3) is 0.760. The molecule has 0 unspecified atom stereocenters. The van der Waals surface area contributed by atoms with Gasteiger partial charge in [-0.05, 0) is 98.7 Å². The molecular formula is C25H42O2. The van der Waals surface area contributed by atoms with Crippen LogP contribution in [-0.4, -0.2) is 23.4 Å². The molecule has 0 heterocycles. The van der Waals surface area contributed by atoms with Gasteiger partial charge in [-0.3, -0.25) is 0 Å². The first-order chi connectivity index (χ1) is 13.2. The first-order valence-corrected chi connectivity index (χ1v) is 11.5. The molecule has 0 bridgehead atoms. The molecule has 0 saturated heterocycles. The van der Waals surface area contributed by atoms with Crippen LogP contribution in [0.3, 0.4) is 0 Å². The molecule has 154 valence electrons. The molecule has 0 spiro atoms. The third-order valence-electron chi connectivity index (χ3n) is 6.72. The first kappa shape index (κ1) is 22.4. The molecule has 2 rings (SSSR count). The standard InChI is InChI=1S/C25H42O2/c1-3-5-6-7-23-12-13-25(19-22(23)4-2)24-10-8-20(9-11-24)18-21(14-16-26)15-17-27/h12-13,19-21,24,26-27H,3-11,14-18H2,1-2H3. The van der Waals surface area contributed by atoms with E-state index in [2.05, 4.69) is 32.0 Å². The maximum atomic E-state index is 9.24. The van der Waals surface area contributed by atoms with Crippen LogP contribution in [0.1, 0.15) is 101 Å². The number of aliphatic hydroxyl groups excluding tert-OH is 2. The summed E-state index contributed by atoms with van der Waals surface area (Å²) >= 11 is 0. The van der Waals surface area contributed by atoms with Crippen molar-refractivity contribution in [2.24, 2.45) is 11.8 Å². The highest BCUT2D eigenvalue weighted by atomic mass is 16.3. The second-order valence-corrected chi connectivity index (χ2v) is 8.68. The quantitative estimate of drug-likeness (QED) is 0.439. The Bertz CT molecular complexity index is 511. The molecule has 0 aromatic heterocycles. The molecule has 0 aliphatic heterocycles. The zero-order valence-electron chi connectivity index (χ0n) is 17.8. The molecule has 1 aliphatic carbocycles. The molecular weight excluding hydrogens is 332 g/mol. The van der Waals surface area contributed by atoms with Crippen LogP contribution in [0.4, 0.5) is 0 Å². The number of hydrogen-bond donors (Lipinski definition) is 2. The van der Waals surface area contributed by atoms with Gasteiger partial charge in [0.1, 0.15) is 0 Å². The van der Waals surface area contributed by atoms with Gasteiger partial charge in [0.2, 0.25) is 0 Å². The van der Waals surface area contributed by atoms with Crippen molar-refractivity contribution in [1.82, 2.24) is 0 Å². The predicted octanol–water partition coefficient (Wildman–Crippen LogP) is 6.03. The normalized spacial score (nSPS) is 20.3. The van der Waals surface area contributed by atoms with E-state index in [4.69, 9.17) is 0 Å². The highest BCUT2D eigenvalue weighted by molar-refractivity contribution is 5.34. The fourth-order valence-corrected chi connectivity index (χ4v) is 4.99. The summed E-state index contributed by atoms with van der Waals surface area (Å²) in [5.74, 6) is 2.00. The Morgan fingerprint density at radius 2 is 1.63 bits per heavy atom. The second-order valence-electron chi connectivity index (χ2n) is 8.68. The van der Waals surface area contributed by atoms with Crippen LogP contribution in [0.2, 0.25) is 0 Å². The molecule has 2 nitrogen and oxygen atoms in total. The van der Waals surface area contributed by atoms with Gasteiger partial charge >= 0.3 is 0 Å². The molecule has 2 heteroatoms. The third-order valence-corrected chi connectivity index (χ3v) is 6.72. The highest BCUT2D eigenvalue weighted by Crippen LogP contribution is 2.39. The molecule has 1 saturated carbocycles. The summed E-state index contributed by atoms with van der Waals surface area (Å²) in [6.07, 6.45) is 14.4. The van der Waals surface area contributed by atoms with E-state index in [1.165, 1.54) is 57.8 Å². The maximum Gasteiger partial charge on any atom is 0.0433 e. The van der Waals surface area contributed by atoms with Crippen molar-refractivity contribution >= 4 is 0 Å². The number of hydrogen-bond acceptors (Lipinski definition) is 2. The fourth-order valence-electron chi connectivity index (χ4n) is 4.99. The molecule has 2 N–H and O–H groups in total. The van der Waals surface area contributed by atoms with Gasteiger partial charge in [0, 0.05) is 13.2 Å². The minimum absolute atomic E-state index is 0.254. The van der Waals surface area contributed by atoms with Gasteiger partial charge in [-0.1, -0.05) is 44.9 Å². The monoisotopic (exact) mass is 374 g/mol. The zero-order valence-corrected chi connectivity index (χ0v) is 17.8. The lowest BCUT2D eigenvalue weighted by Gasteiger charge is -2.31. The van der Waals surface area contributed by atoms with E-state index in [0.29, 0.717) is 5.92 Å². The van der Waals surface area contributed by atoms with Gasteiger partial charge in [0.15, 0.2) is 0 Å². The van der Waals surface area contributed by atoms with Crippen LogP contribution >= 0.6 is 0 Å². The van der Waals surface area contributed by atoms with E-state index in [1.807, 2.05) is 0 Å². The Kier molecular flexibility index (Phi) is 10.4. The Morgan fingerprint density at radius 1 is 0.926 bits per heavy atom. The topological polar surface area (TPSA) is 40.5 Å². The van der Waals surface area contributed by atoms with E-state index in [0.717, 1.165) is 31.1 Å². The number of rotatable bonds is 12. The van der Waals surface area contributed by atoms with Gasteiger partial charge in [-0.25, -0.2) is 0 Å². The Hall–Kier alpha value is -0.860. The van der Waals surface area contributed by atoms with Crippen molar-refractivity contribution in [3.05, 3.63) is 34.9 Å². The minimum Gasteiger partial charge on any atom is -0.396 e. The van der Waals surface area contributed by atoms with E-state index < -0.39 is 0 Å². The Morgan fingerprint density at radius 3 is 2.22 bits per heavy atom. The average molecular weight is 375 g/mol. The molecule has 0 amide bonds. The van der Waals surface area contributed by atoms with E-state index in [1.54, 1.807) is 16.7 Å². The van der Waals surface area contributed by atoms with Gasteiger partial charge in [-0.2, -0.15) is 0 Å². The summed E-state index contributed by atoms with van der Waals surface area (Å²) in [4.78, 5) is 0. The summed E-state index contributed by atoms with van der Waals surface area (Å²) in [5, 5.41) is 18.5. The SMILES string of the molecule is CCCCCc1ccc(C2CCC(CC(CCO)CCO)CC2)cc1CC. The summed E-state index contributed by atoms with van der Waals surface area (Å²) in [5.41, 5.74) is 4.70. The minimum atomic E-state index is 0.254. The number of benzene rings is 1. The molecule has 0 atom stereocenters. The van der Waals surface area contributed by atoms with Crippen molar-refractivity contribution in [3.8, 4) is 0 Å². The van der Waals surface area contributed by atoms with Gasteiger partial charge in [0.05, 0.1) is 0 Å². The van der Waals surface area contributed by atoms with Gasteiger partial charge < -0.3 is 10.2 Å². The molecule has 1 aromatic carbocycles. The lowest BCUT2D eigenvalue weighted by atomic mass is 9.74. The van der Waals surface area contributed by atoms with Crippen LogP contribution in [0.15, 0.2) is 18.2 Å². The number of unbranched alkanes of at least 4 members (excludes halogenated alkanes) is 2. The summed E-state index contributed by atoms with van der Waals surface area (Å²) in [6, 6.07) is 7.33. The summed E-state index contributed by atoms with van der Waals surface area (Å²) < 4.78 is 0. The molecule has 1 aliphatic rings. The lowest BCUT2D eigenvalue weighted by Crippen LogP contribution is -2.18. The van der Waals surface area contributed by atoms with Crippen molar-refractivity contribution in [1.29, 1.82) is 0 Å². The van der Waals surface area contributed by atoms with Gasteiger partial charge in [-0.15, -0.1) is 0 Å². The smallest absolute Gasteiger partial charge is 0.0433 e. The summed E-state index contributed by atoms with van der Waals surface area (Å²) in [7, 11) is 0. The van der Waals surface area contributed by atoms with Crippen LogP contribution in [0.25, 0.3) is 0 Å². The van der Waals surface area contributed by atoms with E-state index in [-0.39, 0.29) is 13.2 Å². The molecule has 1 aromatic rings. The predicted molar refractivity (Wildman–Crippen MR) is 115 cm³/mol. The van der Waals surface area contributed by atoms with Crippen LogP contribution in [0, 0.1) is 11.8 Å². The number of aliphatic hydroxyl groups is 2. The Labute approximate surface area is 167 Å². The van der Waals surface area contributed by atoms with Crippen molar-refractivity contribution in [3.63, 3.8) is 0 Å². The van der Waals surface area contributed by atoms with Crippen molar-refractivity contribution in [2.45, 2.75) is 96.8 Å². The van der Waals surface area contributed by atoms with Crippen LogP contribution in [-0.2, 0) is 12.8 Å². The van der Waals surface area contributed by atoms with Gasteiger partial charge in [0.25, 0.3) is 0 Å². The third kappa shape index (κ3) is 7.23. The van der Waals surface area contributed by atoms with E-state index in [9.17, 15) is 10.2 Å². The Balaban J connectivity index is 1.89. The van der Waals surface area contributed by atoms with Crippen molar-refractivity contribution in [2.75, 3.05) is 13.2 Å². The van der Waals surface area contributed by atoms with Crippen molar-refractivity contribution < 1.29 is 10.2 Å². The second kappa shape index (κ2) is 12.6. The molecule has 27 heavy (non-hydrogen) atoms. The number of aryl methyl sites for hydroxylation is 2. The largest absolute Gasteiger partial charge is 0.396 e. The van der Waals surface area contributed by atoms with Crippen LogP contribution < -0.4 is 0 Å². The highest BCUT2D eigenvalue weighted by Gasteiger charge is 2.25. The van der Waals surface area contributed by atoms with E-state index >= 15 is 0 Å².